The third-order valence-electron chi connectivity index (χ3n) is 2.51. The van der Waals surface area contributed by atoms with Crippen LogP contribution in [0.1, 0.15) is 20.1 Å². The summed E-state index contributed by atoms with van der Waals surface area (Å²) < 4.78 is 31.3. The number of thiophene rings is 1. The molecule has 0 bridgehead atoms. The summed E-state index contributed by atoms with van der Waals surface area (Å²) in [6, 6.07) is 4.52. The molecule has 6 heteroatoms. The highest BCUT2D eigenvalue weighted by atomic mass is 32.1. The van der Waals surface area contributed by atoms with Gasteiger partial charge < -0.3 is 9.84 Å². The number of hydrogen-bond acceptors (Lipinski definition) is 3. The molecule has 0 fully saturated rings. The smallest absolute Gasteiger partial charge is 0.345 e. The van der Waals surface area contributed by atoms with Crippen LogP contribution in [0.2, 0.25) is 0 Å². The summed E-state index contributed by atoms with van der Waals surface area (Å²) in [6.07, 6.45) is 0. The van der Waals surface area contributed by atoms with Crippen LogP contribution in [-0.2, 0) is 6.61 Å². The second-order valence-corrected chi connectivity index (χ2v) is 5.12. The van der Waals surface area contributed by atoms with Crippen LogP contribution in [0.5, 0.6) is 5.75 Å². The molecule has 0 radical (unpaired) electrons. The molecule has 1 aromatic heterocycles. The van der Waals surface area contributed by atoms with Gasteiger partial charge in [0, 0.05) is 16.5 Å². The molecular formula is C13H10F2O3S. The maximum atomic E-state index is 13.3. The lowest BCUT2D eigenvalue weighted by Crippen LogP contribution is -1.98. The fourth-order valence-electron chi connectivity index (χ4n) is 1.52. The van der Waals surface area contributed by atoms with Crippen molar-refractivity contribution in [1.29, 1.82) is 0 Å². The summed E-state index contributed by atoms with van der Waals surface area (Å²) in [5.74, 6) is -2.53. The minimum absolute atomic E-state index is 0.0398. The Hall–Kier alpha value is -1.95. The Bertz CT molecular complexity index is 622. The van der Waals surface area contributed by atoms with E-state index in [9.17, 15) is 13.6 Å². The van der Waals surface area contributed by atoms with Crippen LogP contribution < -0.4 is 4.74 Å². The van der Waals surface area contributed by atoms with Crippen molar-refractivity contribution in [3.05, 3.63) is 51.2 Å². The number of carboxylic acid groups (broad SMARTS) is 1. The van der Waals surface area contributed by atoms with E-state index in [0.717, 1.165) is 28.3 Å². The van der Waals surface area contributed by atoms with Gasteiger partial charge in [0.25, 0.3) is 0 Å². The molecule has 100 valence electrons. The quantitative estimate of drug-likeness (QED) is 0.933. The maximum absolute atomic E-state index is 13.3. The van der Waals surface area contributed by atoms with Gasteiger partial charge in [-0.05, 0) is 25.1 Å². The number of ether oxygens (including phenoxy) is 1. The monoisotopic (exact) mass is 284 g/mol. The van der Waals surface area contributed by atoms with Crippen LogP contribution in [0.25, 0.3) is 0 Å². The van der Waals surface area contributed by atoms with Gasteiger partial charge in [-0.15, -0.1) is 11.3 Å². The molecule has 19 heavy (non-hydrogen) atoms. The van der Waals surface area contributed by atoms with Gasteiger partial charge in [0.1, 0.15) is 17.3 Å². The first-order valence-electron chi connectivity index (χ1n) is 5.38. The molecule has 0 aliphatic heterocycles. The normalized spacial score (nSPS) is 10.5. The molecule has 0 saturated heterocycles. The zero-order valence-electron chi connectivity index (χ0n) is 9.94. The van der Waals surface area contributed by atoms with Crippen LogP contribution >= 0.6 is 11.3 Å². The Morgan fingerprint density at radius 3 is 2.68 bits per heavy atom. The van der Waals surface area contributed by atoms with E-state index in [1.54, 1.807) is 6.92 Å². The predicted octanol–water partition coefficient (Wildman–Crippen LogP) is 3.61. The molecule has 0 atom stereocenters. The summed E-state index contributed by atoms with van der Waals surface area (Å²) in [6.45, 7) is 1.80. The molecule has 0 unspecified atom stereocenters. The van der Waals surface area contributed by atoms with E-state index < -0.39 is 17.6 Å². The van der Waals surface area contributed by atoms with Crippen molar-refractivity contribution in [3.63, 3.8) is 0 Å². The number of hydrogen-bond donors (Lipinski definition) is 1. The summed E-state index contributed by atoms with van der Waals surface area (Å²) in [7, 11) is 0. The third kappa shape index (κ3) is 3.08. The van der Waals surface area contributed by atoms with Gasteiger partial charge in [0.2, 0.25) is 0 Å². The molecule has 1 heterocycles. The molecule has 2 rings (SSSR count). The Kier molecular flexibility index (Phi) is 3.80. The number of aromatic carboxylic acids is 1. The van der Waals surface area contributed by atoms with Gasteiger partial charge in [-0.3, -0.25) is 0 Å². The molecule has 3 nitrogen and oxygen atoms in total. The second kappa shape index (κ2) is 5.36. The van der Waals surface area contributed by atoms with Gasteiger partial charge in [-0.1, -0.05) is 0 Å². The molecule has 2 aromatic rings. The third-order valence-corrected chi connectivity index (χ3v) is 3.59. The van der Waals surface area contributed by atoms with E-state index in [2.05, 4.69) is 0 Å². The van der Waals surface area contributed by atoms with Gasteiger partial charge in [-0.2, -0.15) is 0 Å². The number of rotatable bonds is 4. The lowest BCUT2D eigenvalue weighted by molar-refractivity contribution is 0.0702. The average molecular weight is 284 g/mol. The Labute approximate surface area is 112 Å². The lowest BCUT2D eigenvalue weighted by atomic mass is 10.2. The molecule has 0 saturated carbocycles. The van der Waals surface area contributed by atoms with Gasteiger partial charge >= 0.3 is 5.97 Å². The largest absolute Gasteiger partial charge is 0.486 e. The van der Waals surface area contributed by atoms with Gasteiger partial charge in [0.05, 0.1) is 0 Å². The molecule has 0 aliphatic rings. The van der Waals surface area contributed by atoms with Crippen LogP contribution in [-0.4, -0.2) is 11.1 Å². The second-order valence-electron chi connectivity index (χ2n) is 3.86. The van der Waals surface area contributed by atoms with E-state index in [4.69, 9.17) is 9.84 Å². The molecule has 1 N–H and O–H groups in total. The van der Waals surface area contributed by atoms with E-state index in [0.29, 0.717) is 5.56 Å². The number of aryl methyl sites for hydroxylation is 1. The lowest BCUT2D eigenvalue weighted by Gasteiger charge is -2.06. The zero-order valence-corrected chi connectivity index (χ0v) is 10.8. The summed E-state index contributed by atoms with van der Waals surface area (Å²) in [4.78, 5) is 11.8. The Morgan fingerprint density at radius 1 is 1.37 bits per heavy atom. The first-order chi connectivity index (χ1) is 8.97. The molecule has 0 spiro atoms. The van der Waals surface area contributed by atoms with Crippen LogP contribution in [0.3, 0.4) is 0 Å². The summed E-state index contributed by atoms with van der Waals surface area (Å²) >= 11 is 1.13. The standard InChI is InChI=1S/C13H10F2O3S/c1-7-8(4-12(19-7)13(16)17)6-18-11-3-2-9(14)5-10(11)15/h2-5H,6H2,1H3,(H,16,17). The van der Waals surface area contributed by atoms with Crippen molar-refractivity contribution >= 4 is 17.3 Å². The van der Waals surface area contributed by atoms with Crippen LogP contribution in [0, 0.1) is 18.6 Å². The summed E-state index contributed by atoms with van der Waals surface area (Å²) in [5.41, 5.74) is 0.672. The van der Waals surface area contributed by atoms with Crippen LogP contribution in [0.15, 0.2) is 24.3 Å². The number of halogens is 2. The minimum Gasteiger partial charge on any atom is -0.486 e. The first-order valence-corrected chi connectivity index (χ1v) is 6.19. The zero-order chi connectivity index (χ0) is 14.0. The summed E-state index contributed by atoms with van der Waals surface area (Å²) in [5, 5.41) is 8.85. The number of carboxylic acids is 1. The Balaban J connectivity index is 2.12. The van der Waals surface area contributed by atoms with Crippen LogP contribution in [0.4, 0.5) is 8.78 Å². The fourth-order valence-corrected chi connectivity index (χ4v) is 2.38. The van der Waals surface area contributed by atoms with Crippen molar-refractivity contribution in [2.45, 2.75) is 13.5 Å². The van der Waals surface area contributed by atoms with E-state index in [-0.39, 0.29) is 17.2 Å². The number of benzene rings is 1. The Morgan fingerprint density at radius 2 is 2.11 bits per heavy atom. The van der Waals surface area contributed by atoms with Crippen molar-refractivity contribution in [2.24, 2.45) is 0 Å². The van der Waals surface area contributed by atoms with Crippen molar-refractivity contribution < 1.29 is 23.4 Å². The fraction of sp³-hybridized carbons (Fsp3) is 0.154. The molecular weight excluding hydrogens is 274 g/mol. The first kappa shape index (κ1) is 13.5. The topological polar surface area (TPSA) is 46.5 Å². The number of carbonyl (C=O) groups is 1. The minimum atomic E-state index is -1.01. The molecule has 0 aliphatic carbocycles. The highest BCUT2D eigenvalue weighted by Crippen LogP contribution is 2.24. The van der Waals surface area contributed by atoms with Crippen molar-refractivity contribution in [1.82, 2.24) is 0 Å². The molecule has 0 amide bonds. The van der Waals surface area contributed by atoms with Gasteiger partial charge in [0.15, 0.2) is 11.6 Å². The maximum Gasteiger partial charge on any atom is 0.345 e. The average Bonchev–Trinajstić information content (AvgIpc) is 2.70. The van der Waals surface area contributed by atoms with E-state index in [1.807, 2.05) is 0 Å². The van der Waals surface area contributed by atoms with E-state index >= 15 is 0 Å². The SMILES string of the molecule is Cc1sc(C(=O)O)cc1COc1ccc(F)cc1F. The van der Waals surface area contributed by atoms with E-state index in [1.165, 1.54) is 12.1 Å². The highest BCUT2D eigenvalue weighted by molar-refractivity contribution is 7.14. The predicted molar refractivity (Wildman–Crippen MR) is 66.7 cm³/mol. The highest BCUT2D eigenvalue weighted by Gasteiger charge is 2.12. The van der Waals surface area contributed by atoms with Crippen molar-refractivity contribution in [2.75, 3.05) is 0 Å². The van der Waals surface area contributed by atoms with Crippen molar-refractivity contribution in [3.8, 4) is 5.75 Å². The van der Waals surface area contributed by atoms with Gasteiger partial charge in [-0.25, -0.2) is 13.6 Å². The molecule has 1 aromatic carbocycles.